The van der Waals surface area contributed by atoms with Crippen molar-refractivity contribution in [3.63, 3.8) is 0 Å². The Labute approximate surface area is 361 Å². The van der Waals surface area contributed by atoms with Gasteiger partial charge in [0.2, 0.25) is 0 Å². The molecule has 294 valence electrons. The summed E-state index contributed by atoms with van der Waals surface area (Å²) in [5.74, 6) is 1.75. The molecule has 0 bridgehead atoms. The number of nitrogens with zero attached hydrogens (tertiary/aromatic N) is 5. The number of anilines is 3. The van der Waals surface area contributed by atoms with Crippen molar-refractivity contribution in [2.75, 3.05) is 4.90 Å². The maximum atomic E-state index is 5.56. The fourth-order valence-electron chi connectivity index (χ4n) is 8.86. The second-order valence-corrected chi connectivity index (χ2v) is 18.3. The molecule has 0 aliphatic carbocycles. The quantitative estimate of drug-likeness (QED) is 0.165. The van der Waals surface area contributed by atoms with Crippen molar-refractivity contribution < 1.29 is 21.1 Å². The summed E-state index contributed by atoms with van der Waals surface area (Å²) in [6.45, 7) is 18.3. The Kier molecular flexibility index (Phi) is 9.14. The first-order valence-corrected chi connectivity index (χ1v) is 20.3. The largest absolute Gasteiger partial charge is 2.00 e. The van der Waals surface area contributed by atoms with Crippen molar-refractivity contribution in [1.29, 1.82) is 0 Å². The molecule has 0 spiro atoms. The minimum absolute atomic E-state index is 0. The third-order valence-corrected chi connectivity index (χ3v) is 12.1. The maximum absolute atomic E-state index is 5.56. The second-order valence-electron chi connectivity index (χ2n) is 18.3. The Morgan fingerprint density at radius 2 is 1.32 bits per heavy atom. The summed E-state index contributed by atoms with van der Waals surface area (Å²) in [7, 11) is 0. The van der Waals surface area contributed by atoms with Gasteiger partial charge in [-0.25, -0.2) is 9.97 Å². The van der Waals surface area contributed by atoms with Crippen molar-refractivity contribution in [2.24, 2.45) is 0 Å². The van der Waals surface area contributed by atoms with Crippen LogP contribution in [0.1, 0.15) is 77.6 Å². The molecule has 1 aliphatic heterocycles. The number of hydrogen-bond donors (Lipinski definition) is 0. The number of rotatable bonds is 4. The van der Waals surface area contributed by atoms with Crippen molar-refractivity contribution in [1.82, 2.24) is 19.5 Å². The van der Waals surface area contributed by atoms with Gasteiger partial charge in [-0.1, -0.05) is 151 Å². The van der Waals surface area contributed by atoms with Gasteiger partial charge in [0, 0.05) is 23.1 Å². The van der Waals surface area contributed by atoms with Gasteiger partial charge in [0.25, 0.3) is 0 Å². The van der Waals surface area contributed by atoms with Gasteiger partial charge in [-0.15, -0.1) is 34.8 Å². The van der Waals surface area contributed by atoms with Crippen LogP contribution in [0.2, 0.25) is 0 Å². The van der Waals surface area contributed by atoms with Gasteiger partial charge in [-0.3, -0.25) is 4.57 Å². The topological polar surface area (TPSA) is 48.1 Å². The van der Waals surface area contributed by atoms with E-state index in [1.807, 2.05) is 6.20 Å². The molecule has 0 N–H and O–H groups in total. The summed E-state index contributed by atoms with van der Waals surface area (Å²) < 4.78 is 2.28. The molecule has 5 nitrogen and oxygen atoms in total. The molecule has 0 saturated carbocycles. The molecule has 4 heterocycles. The minimum Gasteiger partial charge on any atom is -0.656 e. The zero-order valence-corrected chi connectivity index (χ0v) is 37.1. The molecular formula is C53H47N5Pt. The zero-order chi connectivity index (χ0) is 40.1. The molecule has 0 atom stereocenters. The average molecular weight is 949 g/mol. The Balaban J connectivity index is 0.00000449. The molecule has 3 aromatic heterocycles. The third-order valence-electron chi connectivity index (χ3n) is 12.1. The molecule has 1 aliphatic rings. The van der Waals surface area contributed by atoms with E-state index in [-0.39, 0.29) is 37.3 Å². The van der Waals surface area contributed by atoms with Crippen LogP contribution < -0.4 is 9.88 Å². The Hall–Kier alpha value is -5.77. The van der Waals surface area contributed by atoms with Crippen LogP contribution in [0.15, 0.2) is 140 Å². The van der Waals surface area contributed by atoms with E-state index in [0.717, 1.165) is 78.2 Å². The summed E-state index contributed by atoms with van der Waals surface area (Å²) >= 11 is 0. The van der Waals surface area contributed by atoms with Crippen molar-refractivity contribution in [3.05, 3.63) is 168 Å². The number of aromatic nitrogens is 4. The van der Waals surface area contributed by atoms with Crippen molar-refractivity contribution in [3.8, 4) is 28.2 Å². The van der Waals surface area contributed by atoms with E-state index in [1.54, 1.807) is 0 Å². The van der Waals surface area contributed by atoms with Crippen LogP contribution in [-0.2, 0) is 37.3 Å². The summed E-state index contributed by atoms with van der Waals surface area (Å²) in [6.07, 6.45) is 1.95. The van der Waals surface area contributed by atoms with Gasteiger partial charge in [0.1, 0.15) is 11.6 Å². The number of benzene rings is 6. The number of imidazole rings is 1. The first-order valence-electron chi connectivity index (χ1n) is 20.3. The number of fused-ring (bicyclic) bond motifs is 6. The molecule has 9 aromatic rings. The van der Waals surface area contributed by atoms with Gasteiger partial charge in [-0.2, -0.15) is 0 Å². The molecule has 10 rings (SSSR count). The van der Waals surface area contributed by atoms with E-state index >= 15 is 0 Å². The fourth-order valence-corrected chi connectivity index (χ4v) is 8.86. The van der Waals surface area contributed by atoms with E-state index in [2.05, 4.69) is 204 Å². The predicted molar refractivity (Wildman–Crippen MR) is 241 cm³/mol. The van der Waals surface area contributed by atoms with Crippen LogP contribution >= 0.6 is 0 Å². The molecule has 0 radical (unpaired) electrons. The van der Waals surface area contributed by atoms with Gasteiger partial charge in [-0.05, 0) is 85.8 Å². The van der Waals surface area contributed by atoms with E-state index in [4.69, 9.17) is 15.0 Å². The van der Waals surface area contributed by atoms with Crippen LogP contribution in [0.4, 0.5) is 17.2 Å². The van der Waals surface area contributed by atoms with Gasteiger partial charge in [0.05, 0.1) is 11.0 Å². The van der Waals surface area contributed by atoms with Gasteiger partial charge >= 0.3 is 21.1 Å². The molecule has 6 aromatic carbocycles. The zero-order valence-electron chi connectivity index (χ0n) is 34.8. The first-order chi connectivity index (χ1) is 27.8. The maximum Gasteiger partial charge on any atom is 2.00 e. The van der Waals surface area contributed by atoms with E-state index < -0.39 is 0 Å². The normalized spacial score (nSPS) is 13.7. The molecule has 0 unspecified atom stereocenters. The van der Waals surface area contributed by atoms with Crippen LogP contribution in [0, 0.1) is 6.07 Å². The van der Waals surface area contributed by atoms with Crippen molar-refractivity contribution >= 4 is 50.0 Å². The smallest absolute Gasteiger partial charge is 0.656 e. The van der Waals surface area contributed by atoms with Gasteiger partial charge < -0.3 is 9.88 Å². The summed E-state index contributed by atoms with van der Waals surface area (Å²) in [5.41, 5.74) is 14.7. The summed E-state index contributed by atoms with van der Waals surface area (Å²) in [6, 6.07) is 51.8. The number of para-hydroxylation sites is 4. The summed E-state index contributed by atoms with van der Waals surface area (Å²) in [4.78, 5) is 18.2. The Morgan fingerprint density at radius 1 is 0.644 bits per heavy atom. The van der Waals surface area contributed by atoms with E-state index in [9.17, 15) is 0 Å². The first kappa shape index (κ1) is 38.7. The monoisotopic (exact) mass is 948 g/mol. The molecule has 0 amide bonds. The second kappa shape index (κ2) is 13.9. The number of pyridine rings is 1. The fraction of sp³-hybridized carbons (Fsp3) is 0.208. The summed E-state index contributed by atoms with van der Waals surface area (Å²) in [5, 5.41) is 2.28. The predicted octanol–water partition coefficient (Wildman–Crippen LogP) is 13.5. The number of hydrogen-bond acceptors (Lipinski definition) is 3. The van der Waals surface area contributed by atoms with E-state index in [0.29, 0.717) is 0 Å². The van der Waals surface area contributed by atoms with Crippen LogP contribution in [0.25, 0.3) is 61.0 Å². The molecule has 0 fully saturated rings. The molecule has 6 heteroatoms. The Morgan fingerprint density at radius 3 is 2.10 bits per heavy atom. The van der Waals surface area contributed by atoms with Crippen LogP contribution in [0.3, 0.4) is 0 Å². The van der Waals surface area contributed by atoms with Gasteiger partial charge in [0.15, 0.2) is 0 Å². The molecular weight excluding hydrogens is 902 g/mol. The molecule has 59 heavy (non-hydrogen) atoms. The van der Waals surface area contributed by atoms with E-state index in [1.165, 1.54) is 22.3 Å². The van der Waals surface area contributed by atoms with Crippen molar-refractivity contribution in [2.45, 2.75) is 71.6 Å². The third kappa shape index (κ3) is 6.25. The van der Waals surface area contributed by atoms with Crippen LogP contribution in [0.5, 0.6) is 0 Å². The SMILES string of the molecule is CC(C)(C)c1ccnc(N2c3[c-]c(-c4cccc5c4nc(-c4cccc6c4[n-]c4ccccc46)n5-c4ccccc4)ccc3C(C)(C)c3ccc(C(C)(C)C)cc32)c1.[Pt+2]. The molecule has 0 saturated heterocycles. The van der Waals surface area contributed by atoms with Crippen LogP contribution in [-0.4, -0.2) is 14.5 Å². The Bertz CT molecular complexity index is 3060. The average Bonchev–Trinajstić information content (AvgIpc) is 3.79. The minimum atomic E-state index is -0.281. The standard InChI is InChI=1S/C53H47N5.Pt/c1-51(2,3)34-25-27-42-46(31-34)58(47-32-35(28-29-54-47)52(4,5)6)45-30-33(24-26-41(45)53(42,7)8)37-19-15-23-44-49(37)56-50(57(44)36-16-10-9-11-17-36)40-21-14-20-39-38-18-12-13-22-43(38)55-48(39)40;/h9-29,31-32H,1-8H3;/q-2;+2.